The number of amides is 1. The lowest BCUT2D eigenvalue weighted by Crippen LogP contribution is -2.45. The molecule has 0 N–H and O–H groups in total. The van der Waals surface area contributed by atoms with Gasteiger partial charge in [-0.2, -0.15) is 0 Å². The number of piperidine rings is 1. The van der Waals surface area contributed by atoms with E-state index in [1.165, 1.54) is 5.56 Å². The summed E-state index contributed by atoms with van der Waals surface area (Å²) in [4.78, 5) is 17.1. The van der Waals surface area contributed by atoms with Gasteiger partial charge in [0, 0.05) is 18.3 Å². The third-order valence-corrected chi connectivity index (χ3v) is 4.42. The lowest BCUT2D eigenvalue weighted by atomic mass is 9.96. The molecule has 3 nitrogen and oxygen atoms in total. The van der Waals surface area contributed by atoms with Gasteiger partial charge in [0.1, 0.15) is 0 Å². The largest absolute Gasteiger partial charge is 0.309 e. The number of hydrogen-bond acceptors (Lipinski definition) is 2. The number of hydrogen-bond donors (Lipinski definition) is 0. The van der Waals surface area contributed by atoms with E-state index >= 15 is 0 Å². The van der Waals surface area contributed by atoms with Crippen LogP contribution in [0.5, 0.6) is 0 Å². The molecule has 0 aliphatic carbocycles. The third-order valence-electron chi connectivity index (χ3n) is 4.42. The van der Waals surface area contributed by atoms with E-state index in [0.29, 0.717) is 11.9 Å². The lowest BCUT2D eigenvalue weighted by Gasteiger charge is -2.33. The number of likely N-dealkylation sites (tertiary alicyclic amines) is 1. The van der Waals surface area contributed by atoms with Crippen molar-refractivity contribution >= 4 is 11.6 Å². The third kappa shape index (κ3) is 2.27. The Hall–Kier alpha value is -1.35. The molecule has 2 heterocycles. The average molecular weight is 258 g/mol. The van der Waals surface area contributed by atoms with Gasteiger partial charge < -0.3 is 9.80 Å². The molecule has 3 heteroatoms. The lowest BCUT2D eigenvalue weighted by molar-refractivity contribution is -0.124. The highest BCUT2D eigenvalue weighted by Crippen LogP contribution is 2.34. The van der Waals surface area contributed by atoms with Gasteiger partial charge in [-0.1, -0.05) is 18.2 Å². The number of fused-ring (bicyclic) bond motifs is 1. The number of rotatable bonds is 1. The van der Waals surface area contributed by atoms with Crippen molar-refractivity contribution < 1.29 is 4.79 Å². The normalized spacial score (nSPS) is 27.4. The SMILES string of the molecule is C[C@H]1Cc2ccccc2N1C(=O)[C@@H]1CCCN(C)C1. The zero-order valence-corrected chi connectivity index (χ0v) is 11.8. The predicted octanol–water partition coefficient (Wildman–Crippen LogP) is 2.31. The van der Waals surface area contributed by atoms with Gasteiger partial charge in [-0.25, -0.2) is 0 Å². The minimum atomic E-state index is 0.173. The van der Waals surface area contributed by atoms with Crippen LogP contribution in [0.3, 0.4) is 0 Å². The highest BCUT2D eigenvalue weighted by molar-refractivity contribution is 5.97. The van der Waals surface area contributed by atoms with Crippen molar-refractivity contribution in [2.24, 2.45) is 5.92 Å². The molecule has 2 aliphatic heterocycles. The summed E-state index contributed by atoms with van der Waals surface area (Å²) in [6.45, 7) is 4.19. The number of anilines is 1. The van der Waals surface area contributed by atoms with E-state index in [4.69, 9.17) is 0 Å². The highest BCUT2D eigenvalue weighted by atomic mass is 16.2. The number of nitrogens with zero attached hydrogens (tertiary/aromatic N) is 2. The Bertz CT molecular complexity index is 485. The van der Waals surface area contributed by atoms with E-state index in [1.54, 1.807) is 0 Å². The summed E-state index contributed by atoms with van der Waals surface area (Å²) in [5, 5.41) is 0. The molecule has 0 saturated carbocycles. The Labute approximate surface area is 115 Å². The van der Waals surface area contributed by atoms with Crippen molar-refractivity contribution in [3.63, 3.8) is 0 Å². The Morgan fingerprint density at radius 2 is 2.11 bits per heavy atom. The molecule has 2 atom stereocenters. The number of benzene rings is 1. The molecule has 3 rings (SSSR count). The summed E-state index contributed by atoms with van der Waals surface area (Å²) in [6.07, 6.45) is 3.16. The first-order valence-electron chi connectivity index (χ1n) is 7.26. The van der Waals surface area contributed by atoms with Crippen LogP contribution >= 0.6 is 0 Å². The molecule has 0 unspecified atom stereocenters. The highest BCUT2D eigenvalue weighted by Gasteiger charge is 2.35. The summed E-state index contributed by atoms with van der Waals surface area (Å²) in [6, 6.07) is 8.63. The molecule has 1 aromatic carbocycles. The van der Waals surface area contributed by atoms with E-state index in [0.717, 1.165) is 38.0 Å². The summed E-state index contributed by atoms with van der Waals surface area (Å²) < 4.78 is 0. The molecule has 19 heavy (non-hydrogen) atoms. The molecule has 0 radical (unpaired) electrons. The topological polar surface area (TPSA) is 23.6 Å². The van der Waals surface area contributed by atoms with Crippen molar-refractivity contribution in [3.05, 3.63) is 29.8 Å². The maximum Gasteiger partial charge on any atom is 0.231 e. The Balaban J connectivity index is 1.83. The smallest absolute Gasteiger partial charge is 0.231 e. The molecule has 0 spiro atoms. The number of carbonyl (C=O) groups is 1. The van der Waals surface area contributed by atoms with Gasteiger partial charge in [0.05, 0.1) is 5.92 Å². The molecule has 1 fully saturated rings. The van der Waals surface area contributed by atoms with Crippen LogP contribution in [0.25, 0.3) is 0 Å². The molecule has 0 aromatic heterocycles. The summed E-state index contributed by atoms with van der Waals surface area (Å²) in [5.41, 5.74) is 2.45. The summed E-state index contributed by atoms with van der Waals surface area (Å²) in [7, 11) is 2.11. The predicted molar refractivity (Wildman–Crippen MR) is 77.3 cm³/mol. The van der Waals surface area contributed by atoms with Crippen LogP contribution in [0, 0.1) is 5.92 Å². The van der Waals surface area contributed by atoms with Crippen molar-refractivity contribution in [1.82, 2.24) is 4.90 Å². The molecular weight excluding hydrogens is 236 g/mol. The molecule has 1 saturated heterocycles. The van der Waals surface area contributed by atoms with Crippen molar-refractivity contribution in [2.75, 3.05) is 25.0 Å². The van der Waals surface area contributed by atoms with Gasteiger partial charge in [0.2, 0.25) is 5.91 Å². The Morgan fingerprint density at radius 3 is 2.89 bits per heavy atom. The van der Waals surface area contributed by atoms with Crippen molar-refractivity contribution in [2.45, 2.75) is 32.2 Å². The van der Waals surface area contributed by atoms with Crippen LogP contribution in [0.15, 0.2) is 24.3 Å². The van der Waals surface area contributed by atoms with Gasteiger partial charge in [0.25, 0.3) is 0 Å². The minimum absolute atomic E-state index is 0.173. The van der Waals surface area contributed by atoms with Gasteiger partial charge >= 0.3 is 0 Å². The number of para-hydroxylation sites is 1. The van der Waals surface area contributed by atoms with E-state index in [9.17, 15) is 4.79 Å². The maximum atomic E-state index is 12.8. The molecule has 1 amide bonds. The molecular formula is C16H22N2O. The fraction of sp³-hybridized carbons (Fsp3) is 0.562. The molecule has 2 aliphatic rings. The Morgan fingerprint density at radius 1 is 1.32 bits per heavy atom. The quantitative estimate of drug-likeness (QED) is 0.771. The standard InChI is InChI=1S/C16H22N2O/c1-12-10-13-6-3-4-8-15(13)18(12)16(19)14-7-5-9-17(2)11-14/h3-4,6,8,12,14H,5,7,9-11H2,1-2H3/t12-,14+/m0/s1. The van der Waals surface area contributed by atoms with Gasteiger partial charge in [-0.3, -0.25) is 4.79 Å². The van der Waals surface area contributed by atoms with E-state index in [1.807, 2.05) is 11.0 Å². The Kier molecular flexibility index (Phi) is 3.31. The van der Waals surface area contributed by atoms with E-state index in [2.05, 4.69) is 37.1 Å². The first-order chi connectivity index (χ1) is 9.16. The van der Waals surface area contributed by atoms with Crippen LogP contribution in [-0.4, -0.2) is 37.0 Å². The minimum Gasteiger partial charge on any atom is -0.309 e. The monoisotopic (exact) mass is 258 g/mol. The summed E-state index contributed by atoms with van der Waals surface area (Å²) >= 11 is 0. The van der Waals surface area contributed by atoms with E-state index in [-0.39, 0.29) is 5.92 Å². The van der Waals surface area contributed by atoms with Crippen molar-refractivity contribution in [1.29, 1.82) is 0 Å². The van der Waals surface area contributed by atoms with Crippen molar-refractivity contribution in [3.8, 4) is 0 Å². The maximum absolute atomic E-state index is 12.8. The molecule has 1 aromatic rings. The van der Waals surface area contributed by atoms with Gasteiger partial charge in [-0.15, -0.1) is 0 Å². The second kappa shape index (κ2) is 4.97. The van der Waals surface area contributed by atoms with Crippen LogP contribution in [0.1, 0.15) is 25.3 Å². The molecule has 102 valence electrons. The fourth-order valence-corrected chi connectivity index (χ4v) is 3.47. The second-order valence-corrected chi connectivity index (χ2v) is 5.99. The van der Waals surface area contributed by atoms with Crippen LogP contribution in [0.2, 0.25) is 0 Å². The first kappa shape index (κ1) is 12.7. The average Bonchev–Trinajstić information content (AvgIpc) is 2.74. The summed E-state index contributed by atoms with van der Waals surface area (Å²) in [5.74, 6) is 0.497. The number of carbonyl (C=O) groups excluding carboxylic acids is 1. The fourth-order valence-electron chi connectivity index (χ4n) is 3.47. The van der Waals surface area contributed by atoms with Gasteiger partial charge in [0.15, 0.2) is 0 Å². The van der Waals surface area contributed by atoms with E-state index < -0.39 is 0 Å². The van der Waals surface area contributed by atoms with Crippen LogP contribution in [-0.2, 0) is 11.2 Å². The first-order valence-corrected chi connectivity index (χ1v) is 7.26. The molecule has 0 bridgehead atoms. The second-order valence-electron chi connectivity index (χ2n) is 5.99. The zero-order valence-electron chi connectivity index (χ0n) is 11.8. The van der Waals surface area contributed by atoms with Gasteiger partial charge in [-0.05, 0) is 51.4 Å². The van der Waals surface area contributed by atoms with Crippen LogP contribution < -0.4 is 4.90 Å². The zero-order chi connectivity index (χ0) is 13.4. The van der Waals surface area contributed by atoms with Crippen LogP contribution in [0.4, 0.5) is 5.69 Å².